The van der Waals surface area contributed by atoms with Gasteiger partial charge in [0.05, 0.1) is 20.8 Å². The average molecular weight is 460 g/mol. The number of hydrogen-bond donors (Lipinski definition) is 4. The highest BCUT2D eigenvalue weighted by Gasteiger charge is 2.45. The predicted octanol–water partition coefficient (Wildman–Crippen LogP) is 0.656. The third-order valence-corrected chi connectivity index (χ3v) is 5.46. The molecule has 0 aliphatic carbocycles. The standard InChI is InChI=1S/C23H24O10/c1-29-15-9-14(32-23-20(28)19(27)18(26)16(10-24)33-23)17-12(25)8-13(11-6-4-3-5-7-11)31-22(17)21(15)30-2/h3-9,16,18-20,23-24,26-28H,10H2,1-2H3/t16-,18+,19-,20-,23+/m1/s1. The predicted molar refractivity (Wildman–Crippen MR) is 115 cm³/mol. The van der Waals surface area contributed by atoms with Gasteiger partial charge in [-0.3, -0.25) is 4.79 Å². The van der Waals surface area contributed by atoms with E-state index in [2.05, 4.69) is 0 Å². The van der Waals surface area contributed by atoms with Crippen LogP contribution in [0.5, 0.6) is 17.2 Å². The minimum absolute atomic E-state index is 0.00992. The summed E-state index contributed by atoms with van der Waals surface area (Å²) in [6.07, 6.45) is -7.54. The maximum absolute atomic E-state index is 13.2. The Balaban J connectivity index is 1.86. The van der Waals surface area contributed by atoms with E-state index >= 15 is 0 Å². The summed E-state index contributed by atoms with van der Waals surface area (Å²) in [4.78, 5) is 13.2. The van der Waals surface area contributed by atoms with Gasteiger partial charge >= 0.3 is 0 Å². The van der Waals surface area contributed by atoms with Crippen LogP contribution in [0.2, 0.25) is 0 Å². The van der Waals surface area contributed by atoms with Crippen LogP contribution in [0, 0.1) is 0 Å². The summed E-state index contributed by atoms with van der Waals surface area (Å²) in [5.41, 5.74) is 0.246. The van der Waals surface area contributed by atoms with Crippen molar-refractivity contribution in [3.8, 4) is 28.6 Å². The maximum atomic E-state index is 13.2. The molecule has 0 saturated carbocycles. The summed E-state index contributed by atoms with van der Waals surface area (Å²) in [5.74, 6) is 0.556. The zero-order chi connectivity index (χ0) is 23.7. The van der Waals surface area contributed by atoms with Crippen LogP contribution in [0.25, 0.3) is 22.3 Å². The Kier molecular flexibility index (Phi) is 6.54. The first-order valence-corrected chi connectivity index (χ1v) is 10.1. The van der Waals surface area contributed by atoms with Gasteiger partial charge in [0.2, 0.25) is 12.0 Å². The van der Waals surface area contributed by atoms with Crippen LogP contribution in [0.3, 0.4) is 0 Å². The SMILES string of the molecule is COc1cc(O[C@H]2O[C@H](CO)[C@H](O)[C@@H](O)[C@H]2O)c2c(=O)cc(-c3ccccc3)oc2c1OC. The summed E-state index contributed by atoms with van der Waals surface area (Å²) in [5, 5.41) is 39.8. The van der Waals surface area contributed by atoms with Crippen molar-refractivity contribution in [3.63, 3.8) is 0 Å². The molecule has 0 amide bonds. The molecule has 3 aromatic rings. The van der Waals surface area contributed by atoms with Crippen LogP contribution in [0.4, 0.5) is 0 Å². The van der Waals surface area contributed by atoms with Crippen molar-refractivity contribution in [1.82, 2.24) is 0 Å². The van der Waals surface area contributed by atoms with Crippen molar-refractivity contribution in [2.45, 2.75) is 30.7 Å². The topological polar surface area (TPSA) is 148 Å². The Morgan fingerprint density at radius 3 is 2.30 bits per heavy atom. The number of rotatable bonds is 6. The van der Waals surface area contributed by atoms with Crippen molar-refractivity contribution in [2.24, 2.45) is 0 Å². The molecule has 0 spiro atoms. The molecule has 10 heteroatoms. The second kappa shape index (κ2) is 9.38. The summed E-state index contributed by atoms with van der Waals surface area (Å²) in [6, 6.07) is 11.7. The molecule has 1 fully saturated rings. The monoisotopic (exact) mass is 460 g/mol. The average Bonchev–Trinajstić information content (AvgIpc) is 2.84. The van der Waals surface area contributed by atoms with Gasteiger partial charge in [-0.1, -0.05) is 30.3 Å². The highest BCUT2D eigenvalue weighted by Crippen LogP contribution is 2.42. The van der Waals surface area contributed by atoms with Crippen molar-refractivity contribution < 1.29 is 43.8 Å². The molecule has 33 heavy (non-hydrogen) atoms. The number of methoxy groups -OCH3 is 2. The van der Waals surface area contributed by atoms with Gasteiger partial charge in [0.25, 0.3) is 0 Å². The Morgan fingerprint density at radius 2 is 1.67 bits per heavy atom. The van der Waals surface area contributed by atoms with Crippen LogP contribution >= 0.6 is 0 Å². The Labute approximate surface area is 188 Å². The highest BCUT2D eigenvalue weighted by atomic mass is 16.7. The molecular formula is C23H24O10. The molecule has 5 atom stereocenters. The lowest BCUT2D eigenvalue weighted by Gasteiger charge is -2.39. The van der Waals surface area contributed by atoms with Gasteiger partial charge in [0, 0.05) is 17.7 Å². The first-order chi connectivity index (χ1) is 15.9. The summed E-state index contributed by atoms with van der Waals surface area (Å²) < 4.78 is 28.0. The summed E-state index contributed by atoms with van der Waals surface area (Å²) >= 11 is 0. The Bertz CT molecular complexity index is 1170. The second-order valence-corrected chi connectivity index (χ2v) is 7.47. The number of aliphatic hydroxyl groups excluding tert-OH is 4. The van der Waals surface area contributed by atoms with Crippen LogP contribution < -0.4 is 19.6 Å². The molecule has 1 aromatic heterocycles. The fourth-order valence-corrected chi connectivity index (χ4v) is 3.73. The Hall–Kier alpha value is -3.15. The van der Waals surface area contributed by atoms with Crippen molar-refractivity contribution in [1.29, 1.82) is 0 Å². The molecule has 176 valence electrons. The van der Waals surface area contributed by atoms with E-state index < -0.39 is 42.7 Å². The van der Waals surface area contributed by atoms with Crippen LogP contribution in [0.15, 0.2) is 51.7 Å². The van der Waals surface area contributed by atoms with Gasteiger partial charge in [0.1, 0.15) is 41.3 Å². The first-order valence-electron chi connectivity index (χ1n) is 10.1. The fourth-order valence-electron chi connectivity index (χ4n) is 3.73. The van der Waals surface area contributed by atoms with Crippen LogP contribution in [-0.4, -0.2) is 72.0 Å². The minimum atomic E-state index is -1.67. The molecule has 4 N–H and O–H groups in total. The fraction of sp³-hybridized carbons (Fsp3) is 0.348. The molecule has 0 unspecified atom stereocenters. The number of aliphatic hydroxyl groups is 4. The molecule has 4 rings (SSSR count). The number of hydrogen-bond acceptors (Lipinski definition) is 10. The molecule has 2 heterocycles. The van der Waals surface area contributed by atoms with Gasteiger partial charge < -0.3 is 43.8 Å². The molecule has 0 radical (unpaired) electrons. The quantitative estimate of drug-likeness (QED) is 0.413. The van der Waals surface area contributed by atoms with Gasteiger partial charge in [-0.05, 0) is 0 Å². The molecule has 2 aromatic carbocycles. The van der Waals surface area contributed by atoms with Crippen LogP contribution in [0.1, 0.15) is 0 Å². The summed E-state index contributed by atoms with van der Waals surface area (Å²) in [6.45, 7) is -0.625. The smallest absolute Gasteiger partial charge is 0.229 e. The lowest BCUT2D eigenvalue weighted by atomic mass is 9.99. The Morgan fingerprint density at radius 1 is 0.939 bits per heavy atom. The number of fused-ring (bicyclic) bond motifs is 1. The molecule has 1 aliphatic heterocycles. The summed E-state index contributed by atoms with van der Waals surface area (Å²) in [7, 11) is 2.78. The van der Waals surface area contributed by atoms with E-state index in [-0.39, 0.29) is 28.2 Å². The molecule has 1 aliphatic rings. The van der Waals surface area contributed by atoms with Crippen molar-refractivity contribution >= 4 is 11.0 Å². The van der Waals surface area contributed by atoms with Crippen molar-refractivity contribution in [3.05, 3.63) is 52.7 Å². The normalized spacial score (nSPS) is 25.1. The minimum Gasteiger partial charge on any atom is -0.493 e. The lowest BCUT2D eigenvalue weighted by molar-refractivity contribution is -0.277. The number of benzene rings is 2. The van der Waals surface area contributed by atoms with E-state index in [1.54, 1.807) is 24.3 Å². The van der Waals surface area contributed by atoms with Crippen molar-refractivity contribution in [2.75, 3.05) is 20.8 Å². The maximum Gasteiger partial charge on any atom is 0.229 e. The van der Waals surface area contributed by atoms with Gasteiger partial charge in [-0.15, -0.1) is 0 Å². The van der Waals surface area contributed by atoms with Gasteiger partial charge in [-0.25, -0.2) is 0 Å². The van der Waals surface area contributed by atoms with E-state index in [0.717, 1.165) is 0 Å². The molecule has 0 bridgehead atoms. The largest absolute Gasteiger partial charge is 0.493 e. The third-order valence-electron chi connectivity index (χ3n) is 5.46. The lowest BCUT2D eigenvalue weighted by Crippen LogP contribution is -2.60. The van der Waals surface area contributed by atoms with E-state index in [0.29, 0.717) is 11.3 Å². The van der Waals surface area contributed by atoms with E-state index in [1.807, 2.05) is 6.07 Å². The third kappa shape index (κ3) is 4.14. The highest BCUT2D eigenvalue weighted by molar-refractivity contribution is 5.92. The zero-order valence-corrected chi connectivity index (χ0v) is 17.9. The number of ether oxygens (including phenoxy) is 4. The zero-order valence-electron chi connectivity index (χ0n) is 17.9. The first kappa shape index (κ1) is 23.0. The van der Waals surface area contributed by atoms with Gasteiger partial charge in [-0.2, -0.15) is 0 Å². The molecular weight excluding hydrogens is 436 g/mol. The van der Waals surface area contributed by atoms with E-state index in [1.165, 1.54) is 26.4 Å². The van der Waals surface area contributed by atoms with E-state index in [9.17, 15) is 25.2 Å². The second-order valence-electron chi connectivity index (χ2n) is 7.47. The molecule has 10 nitrogen and oxygen atoms in total. The molecule has 1 saturated heterocycles. The van der Waals surface area contributed by atoms with E-state index in [4.69, 9.17) is 23.4 Å². The van der Waals surface area contributed by atoms with Gasteiger partial charge in [0.15, 0.2) is 16.8 Å². The van der Waals surface area contributed by atoms with Crippen LogP contribution in [-0.2, 0) is 4.74 Å².